The molecule has 1 heterocycles. The van der Waals surface area contributed by atoms with E-state index < -0.39 is 25.2 Å². The van der Waals surface area contributed by atoms with E-state index in [2.05, 4.69) is 132 Å². The fourth-order valence-corrected chi connectivity index (χ4v) is 8.58. The minimum Gasteiger partial charge on any atom is -0.491 e. The van der Waals surface area contributed by atoms with Crippen molar-refractivity contribution in [3.63, 3.8) is 0 Å². The molecular formula is C56H74O11. The molecule has 67 heavy (non-hydrogen) atoms. The highest BCUT2D eigenvalue weighted by molar-refractivity contribution is 5.70. The first-order chi connectivity index (χ1) is 31.4. The topological polar surface area (TPSA) is 139 Å². The van der Waals surface area contributed by atoms with E-state index in [1.807, 2.05) is 0 Å². The van der Waals surface area contributed by atoms with E-state index in [4.69, 9.17) is 33.2 Å². The Hall–Kier alpha value is -5.10. The van der Waals surface area contributed by atoms with Crippen LogP contribution >= 0.6 is 0 Å². The number of hydrogen-bond acceptors (Lipinski definition) is 9. The zero-order valence-corrected chi connectivity index (χ0v) is 42.1. The summed E-state index contributed by atoms with van der Waals surface area (Å²) in [7, 11) is 0. The van der Waals surface area contributed by atoms with Gasteiger partial charge in [-0.1, -0.05) is 132 Å². The van der Waals surface area contributed by atoms with Crippen molar-refractivity contribution in [2.45, 2.75) is 130 Å². The highest BCUT2D eigenvalue weighted by Crippen LogP contribution is 2.44. The van der Waals surface area contributed by atoms with Crippen LogP contribution in [0.5, 0.6) is 23.0 Å². The van der Waals surface area contributed by atoms with Gasteiger partial charge in [0.05, 0.1) is 39.6 Å². The maximum Gasteiger partial charge on any atom is 0.341 e. The zero-order valence-electron chi connectivity index (χ0n) is 42.1. The van der Waals surface area contributed by atoms with Gasteiger partial charge in [0, 0.05) is 25.7 Å². The van der Waals surface area contributed by atoms with Crippen molar-refractivity contribution in [1.29, 1.82) is 0 Å². The van der Waals surface area contributed by atoms with E-state index in [-0.39, 0.29) is 34.9 Å². The predicted octanol–water partition coefficient (Wildman–Crippen LogP) is 10.3. The SMILES string of the molecule is CC(C)(C)c1cc2c3c(c1)Cc1cc(C(C)(C)C)cc(c1OCC(=O)O)Cc1cc(C(C)(C)C)cc(c1OCCOCCOCCOCCO3)Cc1cc(C(C)(C)C)cc(c1OCC(=O)O)C2. The predicted molar refractivity (Wildman–Crippen MR) is 262 cm³/mol. The number of aliphatic carboxylic acids is 2. The molecule has 0 spiro atoms. The number of ether oxygens (including phenoxy) is 7. The average Bonchev–Trinajstić information content (AvgIpc) is 3.20. The van der Waals surface area contributed by atoms with Crippen LogP contribution in [0.4, 0.5) is 0 Å². The Kier molecular flexibility index (Phi) is 16.1. The van der Waals surface area contributed by atoms with E-state index in [1.54, 1.807) is 0 Å². The van der Waals surface area contributed by atoms with Gasteiger partial charge >= 0.3 is 11.9 Å². The number of carboxylic acids is 2. The van der Waals surface area contributed by atoms with Gasteiger partial charge in [0.15, 0.2) is 13.2 Å². The lowest BCUT2D eigenvalue weighted by Gasteiger charge is -2.29. The molecule has 1 aliphatic heterocycles. The van der Waals surface area contributed by atoms with Gasteiger partial charge in [-0.3, -0.25) is 0 Å². The molecular weight excluding hydrogens is 849 g/mol. The molecule has 4 aromatic rings. The minimum absolute atomic E-state index is 0.247. The Balaban J connectivity index is 1.80. The van der Waals surface area contributed by atoms with Gasteiger partial charge in [0.1, 0.15) is 36.2 Å². The van der Waals surface area contributed by atoms with Crippen molar-refractivity contribution in [2.24, 2.45) is 0 Å². The van der Waals surface area contributed by atoms with E-state index in [0.717, 1.165) is 66.8 Å². The second kappa shape index (κ2) is 21.0. The molecule has 2 N–H and O–H groups in total. The van der Waals surface area contributed by atoms with E-state index in [9.17, 15) is 19.8 Å². The third-order valence-corrected chi connectivity index (χ3v) is 12.3. The molecule has 0 unspecified atom stereocenters. The third kappa shape index (κ3) is 13.5. The number of benzene rings is 4. The summed E-state index contributed by atoms with van der Waals surface area (Å²) in [5, 5.41) is 20.2. The molecule has 10 bridgehead atoms. The largest absolute Gasteiger partial charge is 0.491 e. The van der Waals surface area contributed by atoms with Gasteiger partial charge in [-0.25, -0.2) is 9.59 Å². The summed E-state index contributed by atoms with van der Waals surface area (Å²) >= 11 is 0. The Labute approximate surface area is 398 Å². The fourth-order valence-electron chi connectivity index (χ4n) is 8.58. The second-order valence-electron chi connectivity index (χ2n) is 22.1. The Morgan fingerprint density at radius 1 is 0.403 bits per heavy atom. The van der Waals surface area contributed by atoms with Gasteiger partial charge < -0.3 is 43.4 Å². The quantitative estimate of drug-likeness (QED) is 0.168. The van der Waals surface area contributed by atoms with Crippen LogP contribution in [0.15, 0.2) is 48.5 Å². The standard InChI is InChI=1S/C56H74O11/c1-53(2,3)43-25-35-21-39-29-45(55(7,8)9)31-41(51(39)66-33-47(57)58)23-37-27-44(54(4,5)6)28-38-24-42-32-46(56(10,11)12)30-40(52(42)67-34-48(59)60)22-36(26-43)49(35)64-19-17-62-15-13-61-14-16-63-18-20-65-50(37)38/h25-32H,13-24,33-34H2,1-12H3,(H,57,58)(H,59,60). The van der Waals surface area contributed by atoms with E-state index in [0.29, 0.717) is 88.3 Å². The molecule has 2 aliphatic rings. The molecule has 0 atom stereocenters. The molecule has 0 fully saturated rings. The molecule has 6 rings (SSSR count). The van der Waals surface area contributed by atoms with Gasteiger partial charge in [0.25, 0.3) is 0 Å². The molecule has 11 heteroatoms. The normalized spacial score (nSPS) is 15.8. The monoisotopic (exact) mass is 923 g/mol. The van der Waals surface area contributed by atoms with Crippen LogP contribution in [0.25, 0.3) is 0 Å². The Morgan fingerprint density at radius 3 is 0.851 bits per heavy atom. The first-order valence-electron chi connectivity index (χ1n) is 23.7. The van der Waals surface area contributed by atoms with Crippen LogP contribution < -0.4 is 18.9 Å². The van der Waals surface area contributed by atoms with Gasteiger partial charge in [0.2, 0.25) is 0 Å². The first-order valence-corrected chi connectivity index (χ1v) is 23.7. The summed E-state index contributed by atoms with van der Waals surface area (Å²) < 4.78 is 44.5. The van der Waals surface area contributed by atoms with Crippen LogP contribution in [-0.4, -0.2) is 88.2 Å². The third-order valence-electron chi connectivity index (χ3n) is 12.3. The lowest BCUT2D eigenvalue weighted by atomic mass is 9.79. The minimum atomic E-state index is -1.07. The molecule has 1 aliphatic carbocycles. The molecule has 0 amide bonds. The molecule has 4 aromatic carbocycles. The van der Waals surface area contributed by atoms with E-state index in [1.165, 1.54) is 0 Å². The van der Waals surface area contributed by atoms with Crippen LogP contribution in [0.1, 0.15) is 150 Å². The first kappa shape index (κ1) is 51.3. The number of hydrogen-bond donors (Lipinski definition) is 2. The molecule has 0 saturated carbocycles. The van der Waals surface area contributed by atoms with Crippen LogP contribution in [-0.2, 0) is 71.1 Å². The highest BCUT2D eigenvalue weighted by atomic mass is 16.6. The molecule has 11 nitrogen and oxygen atoms in total. The van der Waals surface area contributed by atoms with Crippen LogP contribution in [0, 0.1) is 0 Å². The van der Waals surface area contributed by atoms with Gasteiger partial charge in [-0.05, 0) is 88.4 Å². The fraction of sp³-hybridized carbons (Fsp3) is 0.536. The van der Waals surface area contributed by atoms with Crippen molar-refractivity contribution in [3.05, 3.63) is 115 Å². The molecule has 0 aromatic heterocycles. The number of carbonyl (C=O) groups is 2. The smallest absolute Gasteiger partial charge is 0.341 e. The summed E-state index contributed by atoms with van der Waals surface area (Å²) in [5.74, 6) is 0.237. The van der Waals surface area contributed by atoms with Crippen molar-refractivity contribution in [2.75, 3.05) is 66.1 Å². The average molecular weight is 923 g/mol. The molecule has 0 saturated heterocycles. The van der Waals surface area contributed by atoms with Gasteiger partial charge in [-0.2, -0.15) is 0 Å². The summed E-state index contributed by atoms with van der Waals surface area (Å²) in [6.45, 7) is 27.8. The molecule has 0 radical (unpaired) electrons. The van der Waals surface area contributed by atoms with E-state index >= 15 is 0 Å². The van der Waals surface area contributed by atoms with Crippen molar-refractivity contribution >= 4 is 11.9 Å². The molecule has 364 valence electrons. The number of rotatable bonds is 6. The lowest BCUT2D eigenvalue weighted by Crippen LogP contribution is -2.20. The lowest BCUT2D eigenvalue weighted by molar-refractivity contribution is -0.140. The Morgan fingerprint density at radius 2 is 0.627 bits per heavy atom. The summed E-state index contributed by atoms with van der Waals surface area (Å²) in [6.07, 6.45) is 1.43. The highest BCUT2D eigenvalue weighted by Gasteiger charge is 2.30. The van der Waals surface area contributed by atoms with Gasteiger partial charge in [-0.15, -0.1) is 0 Å². The number of carboxylic acid groups (broad SMARTS) is 2. The summed E-state index contributed by atoms with van der Waals surface area (Å²) in [6, 6.07) is 17.4. The van der Waals surface area contributed by atoms with Crippen molar-refractivity contribution < 1.29 is 53.0 Å². The Bertz CT molecular complexity index is 2140. The maximum atomic E-state index is 12.4. The summed E-state index contributed by atoms with van der Waals surface area (Å²) in [5.41, 5.74) is 10.1. The second-order valence-corrected chi connectivity index (χ2v) is 22.1. The number of fused-ring (bicyclic) bond motifs is 2. The van der Waals surface area contributed by atoms with Crippen LogP contribution in [0.2, 0.25) is 0 Å². The van der Waals surface area contributed by atoms with Crippen molar-refractivity contribution in [3.8, 4) is 23.0 Å². The maximum absolute atomic E-state index is 12.4. The van der Waals surface area contributed by atoms with Crippen LogP contribution in [0.3, 0.4) is 0 Å². The van der Waals surface area contributed by atoms with Crippen molar-refractivity contribution in [1.82, 2.24) is 0 Å². The summed E-state index contributed by atoms with van der Waals surface area (Å²) in [4.78, 5) is 24.7. The zero-order chi connectivity index (χ0) is 48.9.